The molecule has 0 saturated carbocycles. The van der Waals surface area contributed by atoms with Crippen molar-refractivity contribution in [2.24, 2.45) is 5.73 Å². The lowest BCUT2D eigenvalue weighted by Crippen LogP contribution is -2.14. The summed E-state index contributed by atoms with van der Waals surface area (Å²) in [6, 6.07) is 14.0. The van der Waals surface area contributed by atoms with Gasteiger partial charge in [-0.1, -0.05) is 56.3 Å². The Morgan fingerprint density at radius 3 is 2.41 bits per heavy atom. The van der Waals surface area contributed by atoms with E-state index in [0.29, 0.717) is 6.42 Å². The summed E-state index contributed by atoms with van der Waals surface area (Å²) in [7, 11) is 0. The molecule has 0 fully saturated rings. The van der Waals surface area contributed by atoms with Crippen molar-refractivity contribution in [1.29, 1.82) is 0 Å². The molecule has 4 nitrogen and oxygen atoms in total. The number of hydrogen-bond acceptors (Lipinski definition) is 3. The minimum atomic E-state index is -0.365. The number of aromatic nitrogens is 1. The van der Waals surface area contributed by atoms with Crippen LogP contribution in [0.5, 0.6) is 0 Å². The van der Waals surface area contributed by atoms with Gasteiger partial charge in [-0.25, -0.2) is 0 Å². The van der Waals surface area contributed by atoms with E-state index in [9.17, 15) is 9.59 Å². The number of rotatable bonds is 6. The van der Waals surface area contributed by atoms with Crippen LogP contribution in [0.4, 0.5) is 0 Å². The third-order valence-electron chi connectivity index (χ3n) is 4.81. The van der Waals surface area contributed by atoms with Crippen LogP contribution in [0.2, 0.25) is 0 Å². The first-order valence-corrected chi connectivity index (χ1v) is 9.14. The zero-order chi connectivity index (χ0) is 19.6. The van der Waals surface area contributed by atoms with Gasteiger partial charge in [-0.15, -0.1) is 0 Å². The number of ketones is 1. The number of carbonyl (C=O) groups is 2. The summed E-state index contributed by atoms with van der Waals surface area (Å²) in [5.41, 5.74) is 10.1. The van der Waals surface area contributed by atoms with Crippen molar-refractivity contribution in [3.63, 3.8) is 0 Å². The van der Waals surface area contributed by atoms with E-state index in [1.807, 2.05) is 36.4 Å². The first-order valence-electron chi connectivity index (χ1n) is 9.14. The average Bonchev–Trinajstić information content (AvgIpc) is 2.63. The minimum Gasteiger partial charge on any atom is -0.369 e. The molecule has 4 heteroatoms. The van der Waals surface area contributed by atoms with Gasteiger partial charge in [0, 0.05) is 23.6 Å². The van der Waals surface area contributed by atoms with Crippen molar-refractivity contribution in [3.05, 3.63) is 76.6 Å². The molecular weight excluding hydrogens is 336 g/mol. The third-order valence-corrected chi connectivity index (χ3v) is 4.81. The summed E-state index contributed by atoms with van der Waals surface area (Å²) in [5.74, 6) is -0.00720. The molecule has 0 unspecified atom stereocenters. The SMILES string of the molecule is CC(=O)c1ccc(Cc2ncc(CC(N)=O)c3ccccc23)cc1C(C)C. The zero-order valence-electron chi connectivity index (χ0n) is 16.0. The zero-order valence-corrected chi connectivity index (χ0v) is 16.0. The number of amides is 1. The number of benzene rings is 2. The summed E-state index contributed by atoms with van der Waals surface area (Å²) in [4.78, 5) is 27.8. The second-order valence-corrected chi connectivity index (χ2v) is 7.23. The van der Waals surface area contributed by atoms with Crippen molar-refractivity contribution in [2.75, 3.05) is 0 Å². The highest BCUT2D eigenvalue weighted by Gasteiger charge is 2.14. The van der Waals surface area contributed by atoms with Crippen LogP contribution in [-0.2, 0) is 17.6 Å². The molecule has 0 spiro atoms. The number of primary amides is 1. The van der Waals surface area contributed by atoms with Gasteiger partial charge < -0.3 is 5.73 Å². The molecule has 2 aromatic carbocycles. The number of nitrogens with zero attached hydrogens (tertiary/aromatic N) is 1. The van der Waals surface area contributed by atoms with Gasteiger partial charge in [0.05, 0.1) is 12.1 Å². The summed E-state index contributed by atoms with van der Waals surface area (Å²) < 4.78 is 0. The molecule has 0 aliphatic rings. The molecule has 2 N–H and O–H groups in total. The standard InChI is InChI=1S/C23H24N2O2/c1-14(2)21-10-16(8-9-18(21)15(3)26)11-22-20-7-5-4-6-19(20)17(13-25-22)12-23(24)27/h4-10,13-14H,11-12H2,1-3H3,(H2,24,27). The normalized spacial score (nSPS) is 11.1. The second kappa shape index (κ2) is 7.70. The first kappa shape index (κ1) is 18.8. The lowest BCUT2D eigenvalue weighted by atomic mass is 9.91. The largest absolute Gasteiger partial charge is 0.369 e. The Balaban J connectivity index is 2.04. The fraction of sp³-hybridized carbons (Fsp3) is 0.261. The molecule has 3 rings (SSSR count). The Hall–Kier alpha value is -3.01. The monoisotopic (exact) mass is 360 g/mol. The lowest BCUT2D eigenvalue weighted by Gasteiger charge is -2.14. The molecule has 138 valence electrons. The fourth-order valence-corrected chi connectivity index (χ4v) is 3.49. The van der Waals surface area contributed by atoms with Crippen molar-refractivity contribution in [3.8, 4) is 0 Å². The van der Waals surface area contributed by atoms with Crippen molar-refractivity contribution in [1.82, 2.24) is 4.98 Å². The number of pyridine rings is 1. The molecule has 0 bridgehead atoms. The van der Waals surface area contributed by atoms with E-state index in [-0.39, 0.29) is 24.0 Å². The minimum absolute atomic E-state index is 0.0876. The quantitative estimate of drug-likeness (QED) is 0.670. The maximum atomic E-state index is 11.9. The average molecular weight is 360 g/mol. The van der Waals surface area contributed by atoms with Crippen LogP contribution in [0.25, 0.3) is 10.8 Å². The topological polar surface area (TPSA) is 73.1 Å². The smallest absolute Gasteiger partial charge is 0.221 e. The molecule has 0 atom stereocenters. The van der Waals surface area contributed by atoms with Crippen LogP contribution in [0.1, 0.15) is 59.4 Å². The van der Waals surface area contributed by atoms with E-state index >= 15 is 0 Å². The van der Waals surface area contributed by atoms with Gasteiger partial charge in [0.15, 0.2) is 5.78 Å². The number of hydrogen-bond donors (Lipinski definition) is 1. The Kier molecular flexibility index (Phi) is 5.36. The van der Waals surface area contributed by atoms with E-state index < -0.39 is 0 Å². The third kappa shape index (κ3) is 4.05. The molecule has 1 aromatic heterocycles. The van der Waals surface area contributed by atoms with Crippen LogP contribution in [0.15, 0.2) is 48.7 Å². The van der Waals surface area contributed by atoms with Gasteiger partial charge in [0.25, 0.3) is 0 Å². The molecule has 0 aliphatic heterocycles. The van der Waals surface area contributed by atoms with Crippen molar-refractivity contribution < 1.29 is 9.59 Å². The van der Waals surface area contributed by atoms with Gasteiger partial charge in [-0.05, 0) is 34.9 Å². The van der Waals surface area contributed by atoms with Gasteiger partial charge in [0.1, 0.15) is 0 Å². The second-order valence-electron chi connectivity index (χ2n) is 7.23. The van der Waals surface area contributed by atoms with E-state index in [1.54, 1.807) is 13.1 Å². The maximum Gasteiger partial charge on any atom is 0.221 e. The summed E-state index contributed by atoms with van der Waals surface area (Å²) in [6.07, 6.45) is 2.59. The van der Waals surface area contributed by atoms with Gasteiger partial charge in [-0.3, -0.25) is 14.6 Å². The van der Waals surface area contributed by atoms with E-state index in [1.165, 1.54) is 0 Å². The predicted octanol–water partition coefficient (Wildman–Crippen LogP) is 4.18. The predicted molar refractivity (Wildman–Crippen MR) is 108 cm³/mol. The molecule has 0 aliphatic carbocycles. The molecule has 27 heavy (non-hydrogen) atoms. The molecule has 3 aromatic rings. The van der Waals surface area contributed by atoms with Gasteiger partial charge in [0.2, 0.25) is 5.91 Å². The highest BCUT2D eigenvalue weighted by atomic mass is 16.1. The van der Waals surface area contributed by atoms with Gasteiger partial charge in [-0.2, -0.15) is 0 Å². The Labute approximate surface area is 159 Å². The van der Waals surface area contributed by atoms with Crippen LogP contribution in [-0.4, -0.2) is 16.7 Å². The number of Topliss-reactive ketones (excluding diaryl/α,β-unsaturated/α-hetero) is 1. The van der Waals surface area contributed by atoms with Crippen LogP contribution >= 0.6 is 0 Å². The number of fused-ring (bicyclic) bond motifs is 1. The molecular formula is C23H24N2O2. The van der Waals surface area contributed by atoms with Gasteiger partial charge >= 0.3 is 0 Å². The van der Waals surface area contributed by atoms with Crippen molar-refractivity contribution >= 4 is 22.5 Å². The van der Waals surface area contributed by atoms with E-state index in [0.717, 1.165) is 38.7 Å². The maximum absolute atomic E-state index is 11.9. The summed E-state index contributed by atoms with van der Waals surface area (Å²) >= 11 is 0. The van der Waals surface area contributed by atoms with Crippen LogP contribution < -0.4 is 5.73 Å². The van der Waals surface area contributed by atoms with Crippen LogP contribution in [0.3, 0.4) is 0 Å². The van der Waals surface area contributed by atoms with E-state index in [2.05, 4.69) is 24.9 Å². The molecule has 0 saturated heterocycles. The summed E-state index contributed by atoms with van der Waals surface area (Å²) in [6.45, 7) is 5.79. The van der Waals surface area contributed by atoms with Crippen LogP contribution in [0, 0.1) is 0 Å². The Morgan fingerprint density at radius 2 is 1.78 bits per heavy atom. The number of carbonyl (C=O) groups excluding carboxylic acids is 2. The molecule has 1 heterocycles. The first-order chi connectivity index (χ1) is 12.9. The Morgan fingerprint density at radius 1 is 1.07 bits per heavy atom. The summed E-state index contributed by atoms with van der Waals surface area (Å²) in [5, 5.41) is 2.03. The van der Waals surface area contributed by atoms with Crippen molar-refractivity contribution in [2.45, 2.75) is 39.5 Å². The highest BCUT2D eigenvalue weighted by molar-refractivity contribution is 5.96. The molecule has 0 radical (unpaired) electrons. The van der Waals surface area contributed by atoms with E-state index in [4.69, 9.17) is 5.73 Å². The lowest BCUT2D eigenvalue weighted by molar-refractivity contribution is -0.117. The fourth-order valence-electron chi connectivity index (χ4n) is 3.49. The number of nitrogens with two attached hydrogens (primary N) is 1. The molecule has 1 amide bonds. The Bertz CT molecular complexity index is 1020. The highest BCUT2D eigenvalue weighted by Crippen LogP contribution is 2.26.